The molecule has 28 heavy (non-hydrogen) atoms. The van der Waals surface area contributed by atoms with Crippen LogP contribution in [0.3, 0.4) is 0 Å². The van der Waals surface area contributed by atoms with Gasteiger partial charge in [-0.3, -0.25) is 4.90 Å². The molecule has 2 unspecified atom stereocenters. The summed E-state index contributed by atoms with van der Waals surface area (Å²) in [5.74, 6) is 0. The smallest absolute Gasteiger partial charge is 0.108 e. The fourth-order valence-corrected chi connectivity index (χ4v) is 3.13. The first-order valence-corrected chi connectivity index (χ1v) is 9.81. The predicted octanol–water partition coefficient (Wildman–Crippen LogP) is 6.28. The molecule has 0 spiro atoms. The molecule has 0 aliphatic heterocycles. The summed E-state index contributed by atoms with van der Waals surface area (Å²) in [5, 5.41) is 0. The molecule has 144 valence electrons. The average molecular weight is 372 g/mol. The first kappa shape index (κ1) is 20.1. The van der Waals surface area contributed by atoms with Crippen LogP contribution in [0.25, 0.3) is 11.6 Å². The minimum Gasteiger partial charge on any atom is -0.355 e. The van der Waals surface area contributed by atoms with Crippen molar-refractivity contribution in [3.05, 3.63) is 108 Å². The summed E-state index contributed by atoms with van der Waals surface area (Å²) < 4.78 is 6.47. The largest absolute Gasteiger partial charge is 0.355 e. The van der Waals surface area contributed by atoms with Crippen molar-refractivity contribution in [3.63, 3.8) is 0 Å². The maximum absolute atomic E-state index is 6.47. The number of ether oxygens (including phenoxy) is 1. The van der Waals surface area contributed by atoms with Gasteiger partial charge in [0.25, 0.3) is 0 Å². The molecule has 3 aromatic carbocycles. The summed E-state index contributed by atoms with van der Waals surface area (Å²) in [4.78, 5) is 2.10. The highest BCUT2D eigenvalue weighted by Crippen LogP contribution is 2.32. The molecule has 0 saturated carbocycles. The van der Waals surface area contributed by atoms with Crippen LogP contribution in [0.1, 0.15) is 36.1 Å². The fraction of sp³-hybridized carbons (Fsp3) is 0.231. The number of hydrogen-bond donors (Lipinski definition) is 0. The van der Waals surface area contributed by atoms with Gasteiger partial charge in [0.1, 0.15) is 6.23 Å². The van der Waals surface area contributed by atoms with Gasteiger partial charge in [-0.2, -0.15) is 0 Å². The molecule has 0 saturated heterocycles. The van der Waals surface area contributed by atoms with E-state index in [2.05, 4.69) is 96.8 Å². The van der Waals surface area contributed by atoms with E-state index >= 15 is 0 Å². The third-order valence-electron chi connectivity index (χ3n) is 4.95. The van der Waals surface area contributed by atoms with Crippen LogP contribution in [0.4, 0.5) is 0 Å². The zero-order valence-electron chi connectivity index (χ0n) is 17.0. The van der Waals surface area contributed by atoms with E-state index in [4.69, 9.17) is 4.74 Å². The van der Waals surface area contributed by atoms with Gasteiger partial charge >= 0.3 is 0 Å². The molecule has 0 aliphatic carbocycles. The zero-order chi connectivity index (χ0) is 19.8. The van der Waals surface area contributed by atoms with Crippen LogP contribution in [-0.4, -0.2) is 25.2 Å². The minimum atomic E-state index is -0.0197. The van der Waals surface area contributed by atoms with Gasteiger partial charge in [0.15, 0.2) is 0 Å². The molecular weight excluding hydrogens is 342 g/mol. The second-order valence-corrected chi connectivity index (χ2v) is 7.25. The van der Waals surface area contributed by atoms with Crippen LogP contribution in [-0.2, 0) is 4.74 Å². The van der Waals surface area contributed by atoms with Crippen molar-refractivity contribution in [1.29, 1.82) is 0 Å². The molecule has 2 nitrogen and oxygen atoms in total. The van der Waals surface area contributed by atoms with Gasteiger partial charge in [0.2, 0.25) is 0 Å². The Balaban J connectivity index is 1.96. The van der Waals surface area contributed by atoms with E-state index in [-0.39, 0.29) is 12.3 Å². The van der Waals surface area contributed by atoms with Gasteiger partial charge in [0, 0.05) is 6.42 Å². The Labute approximate surface area is 169 Å². The molecule has 0 heterocycles. The van der Waals surface area contributed by atoms with E-state index in [1.165, 1.54) is 22.3 Å². The van der Waals surface area contributed by atoms with E-state index < -0.39 is 0 Å². The Kier molecular flexibility index (Phi) is 7.18. The zero-order valence-corrected chi connectivity index (χ0v) is 17.0. The molecule has 3 aromatic rings. The van der Waals surface area contributed by atoms with Gasteiger partial charge in [0.05, 0.1) is 6.10 Å². The van der Waals surface area contributed by atoms with Crippen molar-refractivity contribution in [3.8, 4) is 0 Å². The SMILES string of the molecule is CC(OC(C/C(=C/c1ccccc1)c1ccccc1)c1ccccc1)N(C)C. The van der Waals surface area contributed by atoms with Gasteiger partial charge in [-0.15, -0.1) is 0 Å². The Morgan fingerprint density at radius 1 is 0.821 bits per heavy atom. The van der Waals surface area contributed by atoms with Crippen molar-refractivity contribution >= 4 is 11.6 Å². The van der Waals surface area contributed by atoms with Crippen LogP contribution in [0.5, 0.6) is 0 Å². The molecule has 3 rings (SSSR count). The summed E-state index contributed by atoms with van der Waals surface area (Å²) in [6.45, 7) is 2.10. The molecule has 0 N–H and O–H groups in total. The standard InChI is InChI=1S/C26H29NO/c1-21(27(2)3)28-26(24-17-11-6-12-18-24)20-25(23-15-9-5-10-16-23)19-22-13-7-4-8-14-22/h4-19,21,26H,20H2,1-3H3/b25-19-. The van der Waals surface area contributed by atoms with Crippen LogP contribution in [0.15, 0.2) is 91.0 Å². The van der Waals surface area contributed by atoms with Crippen LogP contribution in [0.2, 0.25) is 0 Å². The molecule has 0 fully saturated rings. The second-order valence-electron chi connectivity index (χ2n) is 7.25. The molecule has 0 bridgehead atoms. The van der Waals surface area contributed by atoms with E-state index in [0.29, 0.717) is 0 Å². The predicted molar refractivity (Wildman–Crippen MR) is 119 cm³/mol. The quantitative estimate of drug-likeness (QED) is 0.341. The van der Waals surface area contributed by atoms with Crippen molar-refractivity contribution in [1.82, 2.24) is 4.90 Å². The summed E-state index contributed by atoms with van der Waals surface area (Å²) in [5.41, 5.74) is 4.90. The highest BCUT2D eigenvalue weighted by molar-refractivity contribution is 5.81. The van der Waals surface area contributed by atoms with Crippen LogP contribution >= 0.6 is 0 Å². The van der Waals surface area contributed by atoms with E-state index in [1.54, 1.807) is 0 Å². The highest BCUT2D eigenvalue weighted by atomic mass is 16.5. The van der Waals surface area contributed by atoms with Gasteiger partial charge in [-0.05, 0) is 43.3 Å². The Hall–Kier alpha value is -2.68. The molecule has 0 radical (unpaired) electrons. The Morgan fingerprint density at radius 3 is 1.93 bits per heavy atom. The van der Waals surface area contributed by atoms with Crippen molar-refractivity contribution in [2.45, 2.75) is 25.7 Å². The van der Waals surface area contributed by atoms with Crippen LogP contribution < -0.4 is 0 Å². The maximum atomic E-state index is 6.47. The van der Waals surface area contributed by atoms with Gasteiger partial charge < -0.3 is 4.74 Å². The molecular formula is C26H29NO. The number of rotatable bonds is 8. The minimum absolute atomic E-state index is 0.0197. The van der Waals surface area contributed by atoms with E-state index in [1.807, 2.05) is 26.2 Å². The van der Waals surface area contributed by atoms with Gasteiger partial charge in [-0.1, -0.05) is 97.1 Å². The van der Waals surface area contributed by atoms with E-state index in [9.17, 15) is 0 Å². The summed E-state index contributed by atoms with van der Waals surface area (Å²) in [6.07, 6.45) is 3.09. The third kappa shape index (κ3) is 5.66. The summed E-state index contributed by atoms with van der Waals surface area (Å²) in [6, 6.07) is 31.6. The first-order valence-electron chi connectivity index (χ1n) is 9.81. The number of hydrogen-bond acceptors (Lipinski definition) is 2. The Bertz CT molecular complexity index is 857. The molecule has 2 heteroatoms. The Morgan fingerprint density at radius 2 is 1.36 bits per heavy atom. The molecule has 2 atom stereocenters. The lowest BCUT2D eigenvalue weighted by Crippen LogP contribution is -2.29. The summed E-state index contributed by atoms with van der Waals surface area (Å²) >= 11 is 0. The number of benzene rings is 3. The van der Waals surface area contributed by atoms with Crippen molar-refractivity contribution in [2.75, 3.05) is 14.1 Å². The molecule has 0 amide bonds. The summed E-state index contributed by atoms with van der Waals surface area (Å²) in [7, 11) is 4.09. The monoisotopic (exact) mass is 371 g/mol. The lowest BCUT2D eigenvalue weighted by Gasteiger charge is -2.28. The molecule has 0 aromatic heterocycles. The van der Waals surface area contributed by atoms with Crippen molar-refractivity contribution in [2.24, 2.45) is 0 Å². The van der Waals surface area contributed by atoms with Gasteiger partial charge in [-0.25, -0.2) is 0 Å². The van der Waals surface area contributed by atoms with Crippen LogP contribution in [0, 0.1) is 0 Å². The normalized spacial score (nSPS) is 14.1. The lowest BCUT2D eigenvalue weighted by molar-refractivity contribution is -0.0704. The first-order chi connectivity index (χ1) is 13.6. The van der Waals surface area contributed by atoms with Crippen molar-refractivity contribution < 1.29 is 4.74 Å². The topological polar surface area (TPSA) is 12.5 Å². The third-order valence-corrected chi connectivity index (χ3v) is 4.95. The average Bonchev–Trinajstić information content (AvgIpc) is 2.74. The number of nitrogens with zero attached hydrogens (tertiary/aromatic N) is 1. The fourth-order valence-electron chi connectivity index (χ4n) is 3.13. The highest BCUT2D eigenvalue weighted by Gasteiger charge is 2.19. The maximum Gasteiger partial charge on any atom is 0.108 e. The lowest BCUT2D eigenvalue weighted by atomic mass is 9.94. The molecule has 0 aliphatic rings. The second kappa shape index (κ2) is 10.0. The van der Waals surface area contributed by atoms with E-state index in [0.717, 1.165) is 6.42 Å².